The Labute approximate surface area is 117 Å². The van der Waals surface area contributed by atoms with Crippen LogP contribution in [0.25, 0.3) is 11.5 Å². The van der Waals surface area contributed by atoms with E-state index in [0.29, 0.717) is 25.5 Å². The van der Waals surface area contributed by atoms with Crippen LogP contribution in [0.5, 0.6) is 0 Å². The van der Waals surface area contributed by atoms with Gasteiger partial charge >= 0.3 is 0 Å². The Morgan fingerprint density at radius 3 is 3.10 bits per heavy atom. The van der Waals surface area contributed by atoms with Crippen LogP contribution >= 0.6 is 0 Å². The SMILES string of the molecule is O=C(NCc1cccnc1-c1ccco1)C1CCOC1. The molecule has 0 spiro atoms. The minimum Gasteiger partial charge on any atom is -0.463 e. The first-order chi connectivity index (χ1) is 9.84. The third kappa shape index (κ3) is 2.72. The van der Waals surface area contributed by atoms with Crippen molar-refractivity contribution in [3.63, 3.8) is 0 Å². The normalized spacial score (nSPS) is 18.1. The molecule has 0 aromatic carbocycles. The van der Waals surface area contributed by atoms with E-state index in [2.05, 4.69) is 10.3 Å². The summed E-state index contributed by atoms with van der Waals surface area (Å²) in [4.78, 5) is 16.3. The van der Waals surface area contributed by atoms with Gasteiger partial charge in [-0.2, -0.15) is 0 Å². The number of carbonyl (C=O) groups excluding carboxylic acids is 1. The highest BCUT2D eigenvalue weighted by Gasteiger charge is 2.23. The maximum Gasteiger partial charge on any atom is 0.225 e. The zero-order valence-electron chi connectivity index (χ0n) is 11.0. The standard InChI is InChI=1S/C15H16N2O3/c18-15(12-5-8-19-10-12)17-9-11-3-1-6-16-14(11)13-4-2-7-20-13/h1-4,6-7,12H,5,8-10H2,(H,17,18). The van der Waals surface area contributed by atoms with E-state index in [9.17, 15) is 4.79 Å². The van der Waals surface area contributed by atoms with Gasteiger partial charge in [-0.3, -0.25) is 9.78 Å². The Bertz CT molecular complexity index is 575. The quantitative estimate of drug-likeness (QED) is 0.924. The predicted molar refractivity (Wildman–Crippen MR) is 72.7 cm³/mol. The highest BCUT2D eigenvalue weighted by molar-refractivity contribution is 5.79. The van der Waals surface area contributed by atoms with Gasteiger partial charge in [-0.1, -0.05) is 6.07 Å². The van der Waals surface area contributed by atoms with E-state index in [1.807, 2.05) is 24.3 Å². The van der Waals surface area contributed by atoms with Crippen LogP contribution in [0.4, 0.5) is 0 Å². The van der Waals surface area contributed by atoms with E-state index in [0.717, 1.165) is 17.7 Å². The maximum absolute atomic E-state index is 12.0. The Balaban J connectivity index is 1.70. The molecule has 1 saturated heterocycles. The lowest BCUT2D eigenvalue weighted by atomic mass is 10.1. The number of ether oxygens (including phenoxy) is 1. The lowest BCUT2D eigenvalue weighted by Gasteiger charge is -2.11. The van der Waals surface area contributed by atoms with Gasteiger partial charge in [-0.25, -0.2) is 0 Å². The van der Waals surface area contributed by atoms with E-state index in [-0.39, 0.29) is 11.8 Å². The predicted octanol–water partition coefficient (Wildman–Crippen LogP) is 1.99. The fraction of sp³-hybridized carbons (Fsp3) is 0.333. The molecular weight excluding hydrogens is 256 g/mol. The number of carbonyl (C=O) groups is 1. The van der Waals surface area contributed by atoms with E-state index in [1.54, 1.807) is 12.5 Å². The van der Waals surface area contributed by atoms with Crippen molar-refractivity contribution in [3.8, 4) is 11.5 Å². The topological polar surface area (TPSA) is 64.4 Å². The number of hydrogen-bond donors (Lipinski definition) is 1. The van der Waals surface area contributed by atoms with Gasteiger partial charge in [0.25, 0.3) is 0 Å². The molecule has 5 heteroatoms. The fourth-order valence-corrected chi connectivity index (χ4v) is 2.28. The highest BCUT2D eigenvalue weighted by atomic mass is 16.5. The van der Waals surface area contributed by atoms with Gasteiger partial charge in [0.2, 0.25) is 5.91 Å². The van der Waals surface area contributed by atoms with Crippen molar-refractivity contribution in [1.82, 2.24) is 10.3 Å². The zero-order valence-corrected chi connectivity index (χ0v) is 11.0. The van der Waals surface area contributed by atoms with Gasteiger partial charge in [0, 0.05) is 24.9 Å². The summed E-state index contributed by atoms with van der Waals surface area (Å²) < 4.78 is 10.6. The molecule has 1 amide bonds. The molecule has 0 aliphatic carbocycles. The number of amides is 1. The number of rotatable bonds is 4. The van der Waals surface area contributed by atoms with Crippen molar-refractivity contribution in [3.05, 3.63) is 42.3 Å². The summed E-state index contributed by atoms with van der Waals surface area (Å²) in [5.41, 5.74) is 1.70. The smallest absolute Gasteiger partial charge is 0.225 e. The molecule has 1 fully saturated rings. The van der Waals surface area contributed by atoms with Crippen LogP contribution in [0, 0.1) is 5.92 Å². The molecule has 1 atom stereocenters. The fourth-order valence-electron chi connectivity index (χ4n) is 2.28. The summed E-state index contributed by atoms with van der Waals surface area (Å²) in [5.74, 6) is 0.717. The molecule has 0 saturated carbocycles. The number of aromatic nitrogens is 1. The van der Waals surface area contributed by atoms with Gasteiger partial charge in [-0.05, 0) is 24.6 Å². The zero-order chi connectivity index (χ0) is 13.8. The molecule has 1 N–H and O–H groups in total. The van der Waals surface area contributed by atoms with Crippen LogP contribution in [0.1, 0.15) is 12.0 Å². The average Bonchev–Trinajstić information content (AvgIpc) is 3.17. The van der Waals surface area contributed by atoms with Crippen LogP contribution in [-0.2, 0) is 16.1 Å². The first-order valence-corrected chi connectivity index (χ1v) is 6.68. The summed E-state index contributed by atoms with van der Waals surface area (Å²) in [6, 6.07) is 7.48. The van der Waals surface area contributed by atoms with Crippen LogP contribution in [0.15, 0.2) is 41.1 Å². The lowest BCUT2D eigenvalue weighted by Crippen LogP contribution is -2.30. The van der Waals surface area contributed by atoms with Crippen molar-refractivity contribution in [2.75, 3.05) is 13.2 Å². The number of hydrogen-bond acceptors (Lipinski definition) is 4. The van der Waals surface area contributed by atoms with Gasteiger partial charge < -0.3 is 14.5 Å². The molecule has 20 heavy (non-hydrogen) atoms. The van der Waals surface area contributed by atoms with E-state index in [4.69, 9.17) is 9.15 Å². The van der Waals surface area contributed by atoms with Gasteiger partial charge in [0.1, 0.15) is 5.69 Å². The molecule has 1 unspecified atom stereocenters. The third-order valence-electron chi connectivity index (χ3n) is 3.40. The van der Waals surface area contributed by atoms with Crippen LogP contribution in [0.3, 0.4) is 0 Å². The van der Waals surface area contributed by atoms with Crippen molar-refractivity contribution in [2.45, 2.75) is 13.0 Å². The first-order valence-electron chi connectivity index (χ1n) is 6.68. The average molecular weight is 272 g/mol. The van der Waals surface area contributed by atoms with Gasteiger partial charge in [0.05, 0.1) is 18.8 Å². The number of pyridine rings is 1. The monoisotopic (exact) mass is 272 g/mol. The molecule has 1 aliphatic heterocycles. The molecule has 1 aliphatic rings. The van der Waals surface area contributed by atoms with Crippen molar-refractivity contribution in [1.29, 1.82) is 0 Å². The Morgan fingerprint density at radius 2 is 2.35 bits per heavy atom. The maximum atomic E-state index is 12.0. The molecule has 0 bridgehead atoms. The van der Waals surface area contributed by atoms with Crippen LogP contribution in [0.2, 0.25) is 0 Å². The molecule has 5 nitrogen and oxygen atoms in total. The van der Waals surface area contributed by atoms with E-state index < -0.39 is 0 Å². The molecule has 0 radical (unpaired) electrons. The second-order valence-corrected chi connectivity index (χ2v) is 4.77. The van der Waals surface area contributed by atoms with E-state index >= 15 is 0 Å². The molecule has 3 rings (SSSR count). The number of furan rings is 1. The molecular formula is C15H16N2O3. The second kappa shape index (κ2) is 5.88. The van der Waals surface area contributed by atoms with Gasteiger partial charge in [-0.15, -0.1) is 0 Å². The Kier molecular flexibility index (Phi) is 3.78. The summed E-state index contributed by atoms with van der Waals surface area (Å²) in [7, 11) is 0. The minimum atomic E-state index is -0.0289. The molecule has 3 heterocycles. The second-order valence-electron chi connectivity index (χ2n) is 4.77. The Morgan fingerprint density at radius 1 is 1.40 bits per heavy atom. The molecule has 104 valence electrons. The summed E-state index contributed by atoms with van der Waals surface area (Å²) in [5, 5.41) is 2.94. The molecule has 2 aromatic heterocycles. The summed E-state index contributed by atoms with van der Waals surface area (Å²) in [6.45, 7) is 1.63. The van der Waals surface area contributed by atoms with Crippen molar-refractivity contribution < 1.29 is 13.9 Å². The summed E-state index contributed by atoms with van der Waals surface area (Å²) >= 11 is 0. The Hall–Kier alpha value is -2.14. The molecule has 2 aromatic rings. The van der Waals surface area contributed by atoms with E-state index in [1.165, 1.54) is 0 Å². The minimum absolute atomic E-state index is 0.0289. The van der Waals surface area contributed by atoms with Gasteiger partial charge in [0.15, 0.2) is 5.76 Å². The van der Waals surface area contributed by atoms with Crippen LogP contribution < -0.4 is 5.32 Å². The summed E-state index contributed by atoms with van der Waals surface area (Å²) in [6.07, 6.45) is 4.13. The lowest BCUT2D eigenvalue weighted by molar-refractivity contribution is -0.125. The van der Waals surface area contributed by atoms with Crippen molar-refractivity contribution >= 4 is 5.91 Å². The van der Waals surface area contributed by atoms with Crippen LogP contribution in [-0.4, -0.2) is 24.1 Å². The highest BCUT2D eigenvalue weighted by Crippen LogP contribution is 2.21. The number of nitrogens with zero attached hydrogens (tertiary/aromatic N) is 1. The number of nitrogens with one attached hydrogen (secondary N) is 1. The third-order valence-corrected chi connectivity index (χ3v) is 3.40. The largest absolute Gasteiger partial charge is 0.463 e. The first kappa shape index (κ1) is 12.9. The van der Waals surface area contributed by atoms with Crippen molar-refractivity contribution in [2.24, 2.45) is 5.92 Å².